The van der Waals surface area contributed by atoms with Gasteiger partial charge in [-0.25, -0.2) is 8.42 Å². The van der Waals surface area contributed by atoms with Gasteiger partial charge < -0.3 is 10.6 Å². The Morgan fingerprint density at radius 3 is 2.00 bits per heavy atom. The molecule has 1 fully saturated rings. The second-order valence-corrected chi connectivity index (χ2v) is 13.6. The number of carbonyl (C=O) groups excluding carboxylic acids is 2. The van der Waals surface area contributed by atoms with Crippen molar-refractivity contribution in [2.75, 3.05) is 16.4 Å². The van der Waals surface area contributed by atoms with Gasteiger partial charge in [0.15, 0.2) is 15.6 Å². The molecule has 0 aliphatic heterocycles. The molecule has 2 N–H and O–H groups in total. The van der Waals surface area contributed by atoms with Crippen molar-refractivity contribution in [1.29, 1.82) is 0 Å². The standard InChI is InChI=1S/C25H16Cl5F3N2O4S/c26-13-7-12(8-14(27)9-13)20-21(25(20,29)30)23(37)35-16-3-6-19(28)18(10-16)22(36)34-15-1-4-17(5-2-15)40(38,39)11-24(31,32)33/h1-10,20-21H,11H2,(H,34,36)(H,35,37). The lowest BCUT2D eigenvalue weighted by molar-refractivity contribution is -0.117. The zero-order chi connectivity index (χ0) is 29.6. The quantitative estimate of drug-likeness (QED) is 0.251. The predicted octanol–water partition coefficient (Wildman–Crippen LogP) is 7.76. The molecular weight excluding hydrogens is 659 g/mol. The number of halogens is 8. The van der Waals surface area contributed by atoms with Gasteiger partial charge in [-0.1, -0.05) is 34.8 Å². The molecule has 0 radical (unpaired) electrons. The molecule has 40 heavy (non-hydrogen) atoms. The number of benzene rings is 3. The Morgan fingerprint density at radius 2 is 1.43 bits per heavy atom. The molecule has 2 amide bonds. The Hall–Kier alpha value is -2.21. The summed E-state index contributed by atoms with van der Waals surface area (Å²) in [4.78, 5) is 25.3. The van der Waals surface area contributed by atoms with E-state index >= 15 is 0 Å². The summed E-state index contributed by atoms with van der Waals surface area (Å²) in [6, 6.07) is 13.0. The van der Waals surface area contributed by atoms with Gasteiger partial charge in [-0.3, -0.25) is 9.59 Å². The van der Waals surface area contributed by atoms with Crippen LogP contribution in [0.3, 0.4) is 0 Å². The van der Waals surface area contributed by atoms with Crippen molar-refractivity contribution in [3.05, 3.63) is 86.9 Å². The molecule has 212 valence electrons. The lowest BCUT2D eigenvalue weighted by atomic mass is 10.1. The smallest absolute Gasteiger partial charge is 0.326 e. The van der Waals surface area contributed by atoms with E-state index in [1.54, 1.807) is 12.1 Å². The number of sulfone groups is 1. The summed E-state index contributed by atoms with van der Waals surface area (Å²) < 4.78 is 60.0. The number of hydrogen-bond acceptors (Lipinski definition) is 4. The van der Waals surface area contributed by atoms with Gasteiger partial charge in [-0.15, -0.1) is 23.2 Å². The largest absolute Gasteiger partial charge is 0.403 e. The Labute approximate surface area is 251 Å². The molecule has 1 aliphatic carbocycles. The van der Waals surface area contributed by atoms with Crippen molar-refractivity contribution in [3.63, 3.8) is 0 Å². The number of amides is 2. The maximum Gasteiger partial charge on any atom is 0.403 e. The van der Waals surface area contributed by atoms with Crippen LogP contribution in [-0.4, -0.2) is 36.5 Å². The highest BCUT2D eigenvalue weighted by molar-refractivity contribution is 7.91. The third-order valence-corrected chi connectivity index (χ3v) is 9.29. The van der Waals surface area contributed by atoms with E-state index in [0.29, 0.717) is 15.6 Å². The molecule has 6 nitrogen and oxygen atoms in total. The molecule has 0 aromatic heterocycles. The van der Waals surface area contributed by atoms with E-state index in [2.05, 4.69) is 10.6 Å². The van der Waals surface area contributed by atoms with Crippen molar-refractivity contribution in [2.45, 2.75) is 21.3 Å². The molecule has 3 aromatic carbocycles. The Morgan fingerprint density at radius 1 is 0.850 bits per heavy atom. The maximum atomic E-state index is 13.0. The number of alkyl halides is 5. The van der Waals surface area contributed by atoms with E-state index in [4.69, 9.17) is 58.0 Å². The highest BCUT2D eigenvalue weighted by atomic mass is 35.5. The van der Waals surface area contributed by atoms with Crippen LogP contribution in [0.1, 0.15) is 21.8 Å². The fourth-order valence-corrected chi connectivity index (χ4v) is 6.79. The minimum atomic E-state index is -4.90. The monoisotopic (exact) mass is 672 g/mol. The van der Waals surface area contributed by atoms with Crippen molar-refractivity contribution in [2.24, 2.45) is 5.92 Å². The Bertz CT molecular complexity index is 1580. The fraction of sp³-hybridized carbons (Fsp3) is 0.200. The first-order valence-corrected chi connectivity index (χ1v) is 14.7. The molecule has 1 aliphatic rings. The van der Waals surface area contributed by atoms with Crippen LogP contribution in [0.2, 0.25) is 15.1 Å². The van der Waals surface area contributed by atoms with Crippen LogP contribution in [0.15, 0.2) is 65.6 Å². The van der Waals surface area contributed by atoms with Crippen molar-refractivity contribution in [1.82, 2.24) is 0 Å². The molecule has 3 aromatic rings. The van der Waals surface area contributed by atoms with Crippen LogP contribution in [0, 0.1) is 5.92 Å². The van der Waals surface area contributed by atoms with E-state index in [9.17, 15) is 31.2 Å². The van der Waals surface area contributed by atoms with E-state index in [-0.39, 0.29) is 22.0 Å². The Kier molecular flexibility index (Phi) is 8.63. The number of nitrogens with one attached hydrogen (secondary N) is 2. The van der Waals surface area contributed by atoms with E-state index in [0.717, 1.165) is 24.3 Å². The molecule has 1 saturated carbocycles. The molecule has 0 spiro atoms. The van der Waals surface area contributed by atoms with Gasteiger partial charge in [0, 0.05) is 27.3 Å². The van der Waals surface area contributed by atoms with Gasteiger partial charge in [-0.2, -0.15) is 13.2 Å². The number of hydrogen-bond donors (Lipinski definition) is 2. The molecule has 15 heteroatoms. The second kappa shape index (κ2) is 11.2. The maximum absolute atomic E-state index is 13.0. The molecule has 0 bridgehead atoms. The third kappa shape index (κ3) is 6.98. The summed E-state index contributed by atoms with van der Waals surface area (Å²) in [5.41, 5.74) is 0.824. The first-order valence-electron chi connectivity index (χ1n) is 11.1. The van der Waals surface area contributed by atoms with Crippen molar-refractivity contribution >= 4 is 91.0 Å². The molecule has 2 atom stereocenters. The normalized spacial score (nSPS) is 18.2. The topological polar surface area (TPSA) is 92.3 Å². The third-order valence-electron chi connectivity index (χ3n) is 5.88. The lowest BCUT2D eigenvalue weighted by Crippen LogP contribution is -2.22. The van der Waals surface area contributed by atoms with E-state index in [1.165, 1.54) is 24.3 Å². The highest BCUT2D eigenvalue weighted by Gasteiger charge is 2.67. The zero-order valence-corrected chi connectivity index (χ0v) is 24.3. The average Bonchev–Trinajstić information content (AvgIpc) is 3.40. The summed E-state index contributed by atoms with van der Waals surface area (Å²) in [5, 5.41) is 5.85. The summed E-state index contributed by atoms with van der Waals surface area (Å²) in [5.74, 6) is -4.72. The second-order valence-electron chi connectivity index (χ2n) is 8.87. The minimum absolute atomic E-state index is 0.0294. The van der Waals surface area contributed by atoms with Gasteiger partial charge >= 0.3 is 6.18 Å². The average molecular weight is 675 g/mol. The van der Waals surface area contributed by atoms with E-state index in [1.807, 2.05) is 0 Å². The fourth-order valence-electron chi connectivity index (χ4n) is 4.06. The van der Waals surface area contributed by atoms with Crippen molar-refractivity contribution in [3.8, 4) is 0 Å². The molecule has 0 heterocycles. The highest BCUT2D eigenvalue weighted by Crippen LogP contribution is 2.65. The van der Waals surface area contributed by atoms with Gasteiger partial charge in [0.05, 0.1) is 21.4 Å². The van der Waals surface area contributed by atoms with Crippen LogP contribution < -0.4 is 10.6 Å². The lowest BCUT2D eigenvalue weighted by Gasteiger charge is -2.11. The summed E-state index contributed by atoms with van der Waals surface area (Å²) in [6.07, 6.45) is -4.90. The summed E-state index contributed by atoms with van der Waals surface area (Å²) in [7, 11) is -4.61. The van der Waals surface area contributed by atoms with Crippen LogP contribution in [0.5, 0.6) is 0 Å². The minimum Gasteiger partial charge on any atom is -0.326 e. The van der Waals surface area contributed by atoms with Crippen LogP contribution in [-0.2, 0) is 14.6 Å². The molecule has 0 saturated heterocycles. The van der Waals surface area contributed by atoms with Crippen LogP contribution >= 0.6 is 58.0 Å². The number of rotatable bonds is 7. The van der Waals surface area contributed by atoms with Gasteiger partial charge in [0.2, 0.25) is 5.91 Å². The Balaban J connectivity index is 1.46. The van der Waals surface area contributed by atoms with Crippen LogP contribution in [0.25, 0.3) is 0 Å². The SMILES string of the molecule is O=C(Nc1ccc(S(=O)(=O)CC(F)(F)F)cc1)c1cc(NC(=O)C2C(c3cc(Cl)cc(Cl)c3)C2(Cl)Cl)ccc1Cl. The van der Waals surface area contributed by atoms with Crippen molar-refractivity contribution < 1.29 is 31.2 Å². The molecule has 2 unspecified atom stereocenters. The van der Waals surface area contributed by atoms with Crippen LogP contribution in [0.4, 0.5) is 24.5 Å². The first-order chi connectivity index (χ1) is 18.5. The number of carbonyl (C=O) groups is 2. The molecular formula is C25H16Cl5F3N2O4S. The summed E-state index contributed by atoms with van der Waals surface area (Å²) >= 11 is 31.0. The number of anilines is 2. The first kappa shape index (κ1) is 30.7. The molecule has 4 rings (SSSR count). The van der Waals surface area contributed by atoms with Gasteiger partial charge in [0.1, 0.15) is 4.33 Å². The van der Waals surface area contributed by atoms with E-state index < -0.39 is 54.6 Å². The zero-order valence-electron chi connectivity index (χ0n) is 19.7. The van der Waals surface area contributed by atoms with Gasteiger partial charge in [0.25, 0.3) is 5.91 Å². The predicted molar refractivity (Wildman–Crippen MR) is 150 cm³/mol. The summed E-state index contributed by atoms with van der Waals surface area (Å²) in [6.45, 7) is 0. The van der Waals surface area contributed by atoms with Gasteiger partial charge in [-0.05, 0) is 66.2 Å².